The Morgan fingerprint density at radius 3 is 2.67 bits per heavy atom. The SMILES string of the molecule is CSc1ccc(CSc2nc(C)nc3sc4c(c23)CCCC4)cc1. The van der Waals surface area contributed by atoms with Gasteiger partial charge in [-0.1, -0.05) is 12.1 Å². The first-order chi connectivity index (χ1) is 11.7. The van der Waals surface area contributed by atoms with Crippen LogP contribution in [0.15, 0.2) is 34.2 Å². The number of aromatic nitrogens is 2. The fourth-order valence-corrected chi connectivity index (χ4v) is 6.04. The predicted octanol–water partition coefficient (Wildman–Crippen LogP) is 5.89. The molecule has 0 fully saturated rings. The maximum absolute atomic E-state index is 4.78. The summed E-state index contributed by atoms with van der Waals surface area (Å²) in [6.07, 6.45) is 7.14. The van der Waals surface area contributed by atoms with Gasteiger partial charge in [0, 0.05) is 20.9 Å². The summed E-state index contributed by atoms with van der Waals surface area (Å²) in [5.41, 5.74) is 2.88. The molecule has 1 aliphatic carbocycles. The third-order valence-electron chi connectivity index (χ3n) is 4.43. The Labute approximate surface area is 155 Å². The highest BCUT2D eigenvalue weighted by Gasteiger charge is 2.20. The summed E-state index contributed by atoms with van der Waals surface area (Å²) in [4.78, 5) is 13.5. The largest absolute Gasteiger partial charge is 0.226 e. The minimum Gasteiger partial charge on any atom is -0.226 e. The van der Waals surface area contributed by atoms with Gasteiger partial charge in [-0.3, -0.25) is 0 Å². The van der Waals surface area contributed by atoms with E-state index in [0.29, 0.717) is 0 Å². The Kier molecular flexibility index (Phi) is 4.83. The highest BCUT2D eigenvalue weighted by Crippen LogP contribution is 2.40. The molecule has 2 nitrogen and oxygen atoms in total. The molecule has 124 valence electrons. The lowest BCUT2D eigenvalue weighted by Crippen LogP contribution is -1.99. The van der Waals surface area contributed by atoms with Gasteiger partial charge >= 0.3 is 0 Å². The van der Waals surface area contributed by atoms with Crippen LogP contribution in [0.25, 0.3) is 10.2 Å². The maximum Gasteiger partial charge on any atom is 0.128 e. The molecule has 0 saturated carbocycles. The van der Waals surface area contributed by atoms with E-state index in [2.05, 4.69) is 30.5 Å². The number of hydrogen-bond donors (Lipinski definition) is 0. The zero-order valence-electron chi connectivity index (χ0n) is 14.0. The van der Waals surface area contributed by atoms with Gasteiger partial charge in [0.25, 0.3) is 0 Å². The van der Waals surface area contributed by atoms with Gasteiger partial charge in [0.05, 0.1) is 0 Å². The van der Waals surface area contributed by atoms with E-state index >= 15 is 0 Å². The van der Waals surface area contributed by atoms with E-state index in [-0.39, 0.29) is 0 Å². The summed E-state index contributed by atoms with van der Waals surface area (Å²) in [6, 6.07) is 8.86. The molecule has 0 aliphatic heterocycles. The van der Waals surface area contributed by atoms with Gasteiger partial charge in [0.15, 0.2) is 0 Å². The molecular weight excluding hydrogens is 352 g/mol. The van der Waals surface area contributed by atoms with Crippen molar-refractivity contribution < 1.29 is 0 Å². The smallest absolute Gasteiger partial charge is 0.128 e. The van der Waals surface area contributed by atoms with Crippen molar-refractivity contribution >= 4 is 45.1 Å². The fraction of sp³-hybridized carbons (Fsp3) is 0.368. The third-order valence-corrected chi connectivity index (χ3v) is 7.40. The quantitative estimate of drug-likeness (QED) is 0.421. The van der Waals surface area contributed by atoms with Crippen LogP contribution in [0.5, 0.6) is 0 Å². The molecule has 0 saturated heterocycles. The Morgan fingerprint density at radius 2 is 1.88 bits per heavy atom. The Balaban J connectivity index is 1.66. The normalized spacial score (nSPS) is 14.1. The first-order valence-electron chi connectivity index (χ1n) is 8.29. The van der Waals surface area contributed by atoms with Crippen LogP contribution in [0.4, 0.5) is 0 Å². The van der Waals surface area contributed by atoms with Crippen molar-refractivity contribution in [2.45, 2.75) is 48.3 Å². The van der Waals surface area contributed by atoms with E-state index in [4.69, 9.17) is 9.97 Å². The predicted molar refractivity (Wildman–Crippen MR) is 107 cm³/mol. The third kappa shape index (κ3) is 3.22. The molecule has 1 aromatic carbocycles. The average Bonchev–Trinajstić information content (AvgIpc) is 2.98. The molecule has 5 heteroatoms. The van der Waals surface area contributed by atoms with Crippen LogP contribution in [0, 0.1) is 6.92 Å². The molecule has 0 unspecified atom stereocenters. The van der Waals surface area contributed by atoms with Gasteiger partial charge in [0.2, 0.25) is 0 Å². The molecule has 0 N–H and O–H groups in total. The van der Waals surface area contributed by atoms with E-state index in [1.807, 2.05) is 30.0 Å². The molecule has 4 rings (SSSR count). The highest BCUT2D eigenvalue weighted by atomic mass is 32.2. The molecule has 3 aromatic rings. The second-order valence-corrected chi connectivity index (χ2v) is 9.03. The first-order valence-corrected chi connectivity index (χ1v) is 11.3. The monoisotopic (exact) mass is 372 g/mol. The van der Waals surface area contributed by atoms with Crippen molar-refractivity contribution in [3.63, 3.8) is 0 Å². The molecule has 1 aliphatic rings. The zero-order chi connectivity index (χ0) is 16.5. The van der Waals surface area contributed by atoms with Crippen LogP contribution in [-0.2, 0) is 18.6 Å². The van der Waals surface area contributed by atoms with E-state index in [9.17, 15) is 0 Å². The van der Waals surface area contributed by atoms with Crippen LogP contribution in [0.3, 0.4) is 0 Å². The fourth-order valence-electron chi connectivity index (χ4n) is 3.20. The molecule has 0 bridgehead atoms. The van der Waals surface area contributed by atoms with E-state index in [1.54, 1.807) is 16.6 Å². The average molecular weight is 373 g/mol. The van der Waals surface area contributed by atoms with Crippen LogP contribution >= 0.6 is 34.9 Å². The summed E-state index contributed by atoms with van der Waals surface area (Å²) in [5, 5.41) is 2.51. The summed E-state index contributed by atoms with van der Waals surface area (Å²) in [5.74, 6) is 1.85. The Hall–Kier alpha value is -1.04. The van der Waals surface area contributed by atoms with Gasteiger partial charge in [-0.25, -0.2) is 9.97 Å². The first kappa shape index (κ1) is 16.4. The molecule has 2 aromatic heterocycles. The van der Waals surface area contributed by atoms with Gasteiger partial charge in [-0.05, 0) is 62.1 Å². The molecule has 2 heterocycles. The molecule has 0 amide bonds. The van der Waals surface area contributed by atoms with Crippen molar-refractivity contribution in [3.05, 3.63) is 46.1 Å². The Bertz CT molecular complexity index is 868. The van der Waals surface area contributed by atoms with E-state index < -0.39 is 0 Å². The lowest BCUT2D eigenvalue weighted by atomic mass is 9.97. The van der Waals surface area contributed by atoms with Crippen LogP contribution in [-0.4, -0.2) is 16.2 Å². The topological polar surface area (TPSA) is 25.8 Å². The molecular formula is C19H20N2S3. The van der Waals surface area contributed by atoms with Gasteiger partial charge < -0.3 is 0 Å². The van der Waals surface area contributed by atoms with Crippen LogP contribution in [0.2, 0.25) is 0 Å². The number of aryl methyl sites for hydroxylation is 3. The number of thioether (sulfide) groups is 2. The van der Waals surface area contributed by atoms with Crippen molar-refractivity contribution in [1.82, 2.24) is 9.97 Å². The number of rotatable bonds is 4. The van der Waals surface area contributed by atoms with Crippen molar-refractivity contribution in [1.29, 1.82) is 0 Å². The Morgan fingerprint density at radius 1 is 1.08 bits per heavy atom. The van der Waals surface area contributed by atoms with Gasteiger partial charge in [-0.15, -0.1) is 34.9 Å². The van der Waals surface area contributed by atoms with Gasteiger partial charge in [0.1, 0.15) is 15.7 Å². The van der Waals surface area contributed by atoms with Crippen LogP contribution < -0.4 is 0 Å². The summed E-state index contributed by atoms with van der Waals surface area (Å²) < 4.78 is 0. The second-order valence-electron chi connectivity index (χ2n) is 6.10. The summed E-state index contributed by atoms with van der Waals surface area (Å²) >= 11 is 5.53. The molecule has 0 atom stereocenters. The van der Waals surface area contributed by atoms with Crippen LogP contribution in [0.1, 0.15) is 34.7 Å². The highest BCUT2D eigenvalue weighted by molar-refractivity contribution is 7.98. The molecule has 0 radical (unpaired) electrons. The van der Waals surface area contributed by atoms with E-state index in [0.717, 1.165) is 11.6 Å². The van der Waals surface area contributed by atoms with Crippen molar-refractivity contribution in [2.75, 3.05) is 6.26 Å². The van der Waals surface area contributed by atoms with Crippen molar-refractivity contribution in [2.24, 2.45) is 0 Å². The van der Waals surface area contributed by atoms with E-state index in [1.165, 1.54) is 56.9 Å². The standard InChI is InChI=1S/C19H20N2S3/c1-12-20-18(23-11-13-7-9-14(22-2)10-8-13)17-15-5-3-4-6-16(15)24-19(17)21-12/h7-10H,3-6,11H2,1-2H3. The number of hydrogen-bond acceptors (Lipinski definition) is 5. The maximum atomic E-state index is 4.78. The minimum absolute atomic E-state index is 0.890. The minimum atomic E-state index is 0.890. The number of nitrogens with zero attached hydrogens (tertiary/aromatic N) is 2. The number of fused-ring (bicyclic) bond motifs is 3. The lowest BCUT2D eigenvalue weighted by molar-refractivity contribution is 0.699. The molecule has 24 heavy (non-hydrogen) atoms. The van der Waals surface area contributed by atoms with Gasteiger partial charge in [-0.2, -0.15) is 0 Å². The molecule has 0 spiro atoms. The zero-order valence-corrected chi connectivity index (χ0v) is 16.4. The second kappa shape index (κ2) is 7.06. The lowest BCUT2D eigenvalue weighted by Gasteiger charge is -2.12. The number of thiophene rings is 1. The van der Waals surface area contributed by atoms with Crippen molar-refractivity contribution in [3.8, 4) is 0 Å². The summed E-state index contributed by atoms with van der Waals surface area (Å²) in [7, 11) is 0. The summed E-state index contributed by atoms with van der Waals surface area (Å²) in [6.45, 7) is 2.01. The number of benzene rings is 1.